The van der Waals surface area contributed by atoms with Crippen LogP contribution in [0.3, 0.4) is 0 Å². The van der Waals surface area contributed by atoms with Crippen LogP contribution in [0.25, 0.3) is 10.2 Å². The van der Waals surface area contributed by atoms with Crippen molar-refractivity contribution < 1.29 is 19.1 Å². The van der Waals surface area contributed by atoms with Gasteiger partial charge in [-0.3, -0.25) is 9.59 Å². The van der Waals surface area contributed by atoms with Gasteiger partial charge in [-0.25, -0.2) is 4.98 Å². The Kier molecular flexibility index (Phi) is 5.93. The van der Waals surface area contributed by atoms with Gasteiger partial charge in [-0.05, 0) is 37.1 Å². The number of hydrogen-bond acceptors (Lipinski definition) is 6. The Morgan fingerprint density at radius 3 is 2.55 bits per heavy atom. The van der Waals surface area contributed by atoms with Crippen molar-refractivity contribution in [1.29, 1.82) is 0 Å². The van der Waals surface area contributed by atoms with Gasteiger partial charge in [0, 0.05) is 43.7 Å². The zero-order valence-electron chi connectivity index (χ0n) is 18.8. The van der Waals surface area contributed by atoms with Gasteiger partial charge in [-0.1, -0.05) is 12.1 Å². The number of fused-ring (bicyclic) bond motifs is 1. The maximum Gasteiger partial charge on any atom is 0.228 e. The van der Waals surface area contributed by atoms with Gasteiger partial charge < -0.3 is 19.3 Å². The smallest absolute Gasteiger partial charge is 0.228 e. The first kappa shape index (κ1) is 21.7. The lowest BCUT2D eigenvalue weighted by Gasteiger charge is -2.32. The van der Waals surface area contributed by atoms with E-state index in [0.29, 0.717) is 37.1 Å². The van der Waals surface area contributed by atoms with E-state index in [0.717, 1.165) is 24.0 Å². The van der Waals surface area contributed by atoms with Crippen LogP contribution in [0.2, 0.25) is 0 Å². The molecule has 8 heteroatoms. The fraction of sp³-hybridized carbons (Fsp3) is 0.400. The summed E-state index contributed by atoms with van der Waals surface area (Å²) in [5.74, 6) is 1.29. The molecule has 2 fully saturated rings. The number of carbonyl (C=O) groups excluding carboxylic acids is 2. The number of aromatic nitrogens is 1. The van der Waals surface area contributed by atoms with E-state index < -0.39 is 0 Å². The first-order valence-corrected chi connectivity index (χ1v) is 12.1. The summed E-state index contributed by atoms with van der Waals surface area (Å²) in [4.78, 5) is 34.4. The topological polar surface area (TPSA) is 72.0 Å². The Balaban J connectivity index is 1.22. The summed E-state index contributed by atoms with van der Waals surface area (Å²) >= 11 is 1.76. The maximum absolute atomic E-state index is 13.2. The Hall–Kier alpha value is -3.13. The number of thiazole rings is 1. The number of rotatable bonds is 5. The monoisotopic (exact) mass is 465 g/mol. The summed E-state index contributed by atoms with van der Waals surface area (Å²) in [6, 6.07) is 13.6. The van der Waals surface area contributed by atoms with Crippen molar-refractivity contribution in [1.82, 2.24) is 9.88 Å². The summed E-state index contributed by atoms with van der Waals surface area (Å²) < 4.78 is 11.9. The minimum absolute atomic E-state index is 0.0371. The molecule has 2 amide bonds. The minimum Gasteiger partial charge on any atom is -0.493 e. The molecule has 0 saturated carbocycles. The van der Waals surface area contributed by atoms with Crippen molar-refractivity contribution in [2.24, 2.45) is 5.92 Å². The molecule has 33 heavy (non-hydrogen) atoms. The van der Waals surface area contributed by atoms with E-state index in [-0.39, 0.29) is 24.2 Å². The van der Waals surface area contributed by atoms with Crippen LogP contribution in [0.5, 0.6) is 11.5 Å². The summed E-state index contributed by atoms with van der Waals surface area (Å²) in [6.45, 7) is 1.81. The SMILES string of the molecule is COc1ccc(N2CC(C(=O)N3CCC(c4nc5ccccc5s4)CC3)CC2=O)cc1OC. The third kappa shape index (κ3) is 4.15. The van der Waals surface area contributed by atoms with Crippen LogP contribution >= 0.6 is 11.3 Å². The molecule has 2 aliphatic heterocycles. The Morgan fingerprint density at radius 2 is 1.82 bits per heavy atom. The van der Waals surface area contributed by atoms with Crippen LogP contribution in [-0.2, 0) is 9.59 Å². The molecule has 7 nitrogen and oxygen atoms in total. The number of piperidine rings is 1. The standard InChI is InChI=1S/C25H27N3O4S/c1-31-20-8-7-18(14-21(20)32-2)28-15-17(13-23(28)29)25(30)27-11-9-16(10-12-27)24-26-19-5-3-4-6-22(19)33-24/h3-8,14,16-17H,9-13,15H2,1-2H3. The first-order chi connectivity index (χ1) is 16.1. The second-order valence-corrected chi connectivity index (χ2v) is 9.63. The van der Waals surface area contributed by atoms with Gasteiger partial charge in [0.05, 0.1) is 35.4 Å². The highest BCUT2D eigenvalue weighted by Crippen LogP contribution is 2.36. The van der Waals surface area contributed by atoms with E-state index in [9.17, 15) is 9.59 Å². The number of carbonyl (C=O) groups is 2. The summed E-state index contributed by atoms with van der Waals surface area (Å²) in [6.07, 6.45) is 2.06. The largest absolute Gasteiger partial charge is 0.493 e. The van der Waals surface area contributed by atoms with Crippen molar-refractivity contribution >= 4 is 39.1 Å². The number of anilines is 1. The third-order valence-corrected chi connectivity index (χ3v) is 7.82. The van der Waals surface area contributed by atoms with E-state index in [2.05, 4.69) is 12.1 Å². The van der Waals surface area contributed by atoms with Crippen molar-refractivity contribution in [2.75, 3.05) is 38.8 Å². The molecule has 3 heterocycles. The lowest BCUT2D eigenvalue weighted by Crippen LogP contribution is -2.42. The highest BCUT2D eigenvalue weighted by Gasteiger charge is 2.38. The number of amides is 2. The van der Waals surface area contributed by atoms with Crippen LogP contribution in [0.15, 0.2) is 42.5 Å². The molecule has 0 N–H and O–H groups in total. The molecule has 3 aromatic rings. The summed E-state index contributed by atoms with van der Waals surface area (Å²) in [5.41, 5.74) is 1.78. The normalized spacial score (nSPS) is 19.3. The first-order valence-electron chi connectivity index (χ1n) is 11.2. The predicted octanol–water partition coefficient (Wildman–Crippen LogP) is 4.07. The molecule has 0 aliphatic carbocycles. The highest BCUT2D eigenvalue weighted by atomic mass is 32.1. The third-order valence-electron chi connectivity index (χ3n) is 6.62. The minimum atomic E-state index is -0.315. The molecular formula is C25H27N3O4S. The Morgan fingerprint density at radius 1 is 1.06 bits per heavy atom. The number of benzene rings is 2. The molecule has 172 valence electrons. The number of ether oxygens (including phenoxy) is 2. The fourth-order valence-electron chi connectivity index (χ4n) is 4.79. The zero-order chi connectivity index (χ0) is 22.9. The van der Waals surface area contributed by atoms with Crippen LogP contribution in [0.1, 0.15) is 30.2 Å². The molecule has 1 atom stereocenters. The van der Waals surface area contributed by atoms with Crippen LogP contribution < -0.4 is 14.4 Å². The van der Waals surface area contributed by atoms with Crippen LogP contribution in [0, 0.1) is 5.92 Å². The molecule has 0 bridgehead atoms. The lowest BCUT2D eigenvalue weighted by atomic mass is 9.96. The van der Waals surface area contributed by atoms with Crippen molar-refractivity contribution in [2.45, 2.75) is 25.2 Å². The highest BCUT2D eigenvalue weighted by molar-refractivity contribution is 7.18. The quantitative estimate of drug-likeness (QED) is 0.568. The van der Waals surface area contributed by atoms with Crippen molar-refractivity contribution in [3.63, 3.8) is 0 Å². The van der Waals surface area contributed by atoms with Gasteiger partial charge in [0.1, 0.15) is 0 Å². The van der Waals surface area contributed by atoms with E-state index in [1.165, 1.54) is 9.71 Å². The van der Waals surface area contributed by atoms with Gasteiger partial charge in [0.25, 0.3) is 0 Å². The molecule has 0 spiro atoms. The van der Waals surface area contributed by atoms with Crippen molar-refractivity contribution in [3.8, 4) is 11.5 Å². The van der Waals surface area contributed by atoms with Crippen LogP contribution in [0.4, 0.5) is 5.69 Å². The number of likely N-dealkylation sites (tertiary alicyclic amines) is 1. The molecular weight excluding hydrogens is 438 g/mol. The molecule has 2 saturated heterocycles. The van der Waals surface area contributed by atoms with Crippen molar-refractivity contribution in [3.05, 3.63) is 47.5 Å². The number of nitrogens with zero attached hydrogens (tertiary/aromatic N) is 3. The molecule has 1 aromatic heterocycles. The summed E-state index contributed by atoms with van der Waals surface area (Å²) in [7, 11) is 3.14. The maximum atomic E-state index is 13.2. The molecule has 2 aromatic carbocycles. The van der Waals surface area contributed by atoms with E-state index in [1.807, 2.05) is 23.1 Å². The van der Waals surface area contributed by atoms with Gasteiger partial charge in [0.15, 0.2) is 11.5 Å². The Labute approximate surface area is 196 Å². The van der Waals surface area contributed by atoms with Gasteiger partial charge in [-0.2, -0.15) is 0 Å². The Bertz CT molecular complexity index is 1150. The van der Waals surface area contributed by atoms with Gasteiger partial charge in [-0.15, -0.1) is 11.3 Å². The van der Waals surface area contributed by atoms with Gasteiger partial charge in [0.2, 0.25) is 11.8 Å². The van der Waals surface area contributed by atoms with E-state index >= 15 is 0 Å². The zero-order valence-corrected chi connectivity index (χ0v) is 19.6. The lowest BCUT2D eigenvalue weighted by molar-refractivity contribution is -0.136. The average Bonchev–Trinajstić information content (AvgIpc) is 3.47. The van der Waals surface area contributed by atoms with Crippen LogP contribution in [-0.4, -0.2) is 55.6 Å². The fourth-order valence-corrected chi connectivity index (χ4v) is 5.92. The second-order valence-electron chi connectivity index (χ2n) is 8.56. The molecule has 1 unspecified atom stereocenters. The molecule has 5 rings (SSSR count). The molecule has 2 aliphatic rings. The predicted molar refractivity (Wildman–Crippen MR) is 128 cm³/mol. The summed E-state index contributed by atoms with van der Waals surface area (Å²) in [5, 5.41) is 1.17. The molecule has 0 radical (unpaired) electrons. The second kappa shape index (κ2) is 9.02. The van der Waals surface area contributed by atoms with E-state index in [4.69, 9.17) is 14.5 Å². The van der Waals surface area contributed by atoms with E-state index in [1.54, 1.807) is 42.6 Å². The van der Waals surface area contributed by atoms with Gasteiger partial charge >= 0.3 is 0 Å². The number of hydrogen-bond donors (Lipinski definition) is 0. The number of para-hydroxylation sites is 1. The number of methoxy groups -OCH3 is 2. The average molecular weight is 466 g/mol.